The van der Waals surface area contributed by atoms with E-state index in [2.05, 4.69) is 6.58 Å². The zero-order valence-corrected chi connectivity index (χ0v) is 10.1. The third kappa shape index (κ3) is 3.56. The molecule has 1 aliphatic rings. The van der Waals surface area contributed by atoms with Gasteiger partial charge in [-0.15, -0.1) is 0 Å². The Balaban J connectivity index is 2.54. The van der Waals surface area contributed by atoms with Gasteiger partial charge in [0.25, 0.3) is 0 Å². The Bertz CT molecular complexity index is 301. The lowest BCUT2D eigenvalue weighted by molar-refractivity contribution is -0.117. The highest BCUT2D eigenvalue weighted by Gasteiger charge is 2.39. The second kappa shape index (κ2) is 5.06. The van der Waals surface area contributed by atoms with Crippen LogP contribution < -0.4 is 0 Å². The molecule has 1 fully saturated rings. The zero-order valence-electron chi connectivity index (χ0n) is 9.19. The molecule has 1 atom stereocenters. The molecular formula is C10H17O4P. The summed E-state index contributed by atoms with van der Waals surface area (Å²) in [6, 6.07) is 0. The van der Waals surface area contributed by atoms with Crippen molar-refractivity contribution in [2.45, 2.75) is 20.3 Å². The van der Waals surface area contributed by atoms with E-state index in [1.54, 1.807) is 13.8 Å². The van der Waals surface area contributed by atoms with E-state index >= 15 is 0 Å². The number of hydrogen-bond acceptors (Lipinski definition) is 4. The largest absolute Gasteiger partial charge is 0.338 e. The predicted molar refractivity (Wildman–Crippen MR) is 58.0 cm³/mol. The van der Waals surface area contributed by atoms with Crippen molar-refractivity contribution < 1.29 is 18.4 Å². The Kier molecular flexibility index (Phi) is 4.26. The first kappa shape index (κ1) is 12.6. The smallest absolute Gasteiger partial charge is 0.309 e. The lowest BCUT2D eigenvalue weighted by Crippen LogP contribution is -2.11. The molecule has 0 radical (unpaired) electrons. The average molecular weight is 232 g/mol. The summed E-state index contributed by atoms with van der Waals surface area (Å²) in [5.74, 6) is -0.190. The van der Waals surface area contributed by atoms with Crippen LogP contribution in [0.2, 0.25) is 0 Å². The van der Waals surface area contributed by atoms with Crippen LogP contribution >= 0.6 is 7.60 Å². The molecule has 0 amide bonds. The van der Waals surface area contributed by atoms with E-state index in [0.717, 1.165) is 12.0 Å². The average Bonchev–Trinajstić information content (AvgIpc) is 2.83. The molecule has 0 spiro atoms. The first-order valence-corrected chi connectivity index (χ1v) is 6.83. The van der Waals surface area contributed by atoms with Gasteiger partial charge in [0, 0.05) is 5.92 Å². The van der Waals surface area contributed by atoms with Crippen molar-refractivity contribution >= 4 is 13.4 Å². The van der Waals surface area contributed by atoms with E-state index < -0.39 is 7.60 Å². The number of ketones is 1. The molecule has 1 aliphatic carbocycles. The molecule has 0 unspecified atom stereocenters. The Morgan fingerprint density at radius 3 is 2.27 bits per heavy atom. The molecule has 15 heavy (non-hydrogen) atoms. The molecule has 0 N–H and O–H groups in total. The standard InChI is InChI=1S/C10H17O4P/c1-4-13-15(12,14-5-2)7-10(11)9-6-8(9)3/h9H,3-7H2,1-2H3/t9-/m1/s1. The normalized spacial score (nSPS) is 20.4. The fourth-order valence-corrected chi connectivity index (χ4v) is 3.01. The molecule has 0 aliphatic heterocycles. The van der Waals surface area contributed by atoms with Crippen molar-refractivity contribution in [1.82, 2.24) is 0 Å². The molecule has 4 nitrogen and oxygen atoms in total. The predicted octanol–water partition coefficient (Wildman–Crippen LogP) is 2.40. The fraction of sp³-hybridized carbons (Fsp3) is 0.700. The van der Waals surface area contributed by atoms with Crippen LogP contribution in [0.5, 0.6) is 0 Å². The Hall–Kier alpha value is -0.440. The summed E-state index contributed by atoms with van der Waals surface area (Å²) in [4.78, 5) is 11.6. The van der Waals surface area contributed by atoms with Gasteiger partial charge >= 0.3 is 7.60 Å². The number of hydrogen-bond donors (Lipinski definition) is 0. The van der Waals surface area contributed by atoms with E-state index in [1.807, 2.05) is 0 Å². The maximum Gasteiger partial charge on any atom is 0.338 e. The van der Waals surface area contributed by atoms with Crippen molar-refractivity contribution in [2.75, 3.05) is 19.4 Å². The molecule has 0 aromatic heterocycles. The monoisotopic (exact) mass is 232 g/mol. The highest BCUT2D eigenvalue weighted by Crippen LogP contribution is 2.50. The minimum Gasteiger partial charge on any atom is -0.309 e. The molecule has 0 saturated heterocycles. The van der Waals surface area contributed by atoms with E-state index in [-0.39, 0.29) is 31.1 Å². The molecular weight excluding hydrogens is 215 g/mol. The van der Waals surface area contributed by atoms with Gasteiger partial charge in [-0.25, -0.2) is 0 Å². The maximum absolute atomic E-state index is 12.0. The van der Waals surface area contributed by atoms with Gasteiger partial charge in [-0.1, -0.05) is 12.2 Å². The van der Waals surface area contributed by atoms with Gasteiger partial charge in [0.15, 0.2) is 5.78 Å². The molecule has 1 saturated carbocycles. The summed E-state index contributed by atoms with van der Waals surface area (Å²) in [6.07, 6.45) is 0.593. The van der Waals surface area contributed by atoms with E-state index in [4.69, 9.17) is 9.05 Å². The van der Waals surface area contributed by atoms with Crippen molar-refractivity contribution in [2.24, 2.45) is 5.92 Å². The first-order valence-electron chi connectivity index (χ1n) is 5.11. The number of Topliss-reactive ketones (excluding diaryl/α,β-unsaturated/α-hetero) is 1. The minimum absolute atomic E-state index is 0.0785. The molecule has 0 heterocycles. The van der Waals surface area contributed by atoms with Gasteiger partial charge in [-0.2, -0.15) is 0 Å². The molecule has 86 valence electrons. The van der Waals surface area contributed by atoms with Gasteiger partial charge < -0.3 is 9.05 Å². The zero-order chi connectivity index (χ0) is 11.5. The fourth-order valence-electron chi connectivity index (χ4n) is 1.37. The summed E-state index contributed by atoms with van der Waals surface area (Å²) in [7, 11) is -3.21. The van der Waals surface area contributed by atoms with Gasteiger partial charge in [-0.3, -0.25) is 9.36 Å². The second-order valence-corrected chi connectivity index (χ2v) is 5.54. The minimum atomic E-state index is -3.21. The number of carbonyl (C=O) groups excluding carboxylic acids is 1. The third-order valence-electron chi connectivity index (χ3n) is 2.19. The molecule has 0 aromatic carbocycles. The molecule has 0 aromatic rings. The SMILES string of the molecule is C=C1C[C@H]1C(=O)CP(=O)(OCC)OCC. The molecule has 1 rings (SSSR count). The summed E-state index contributed by atoms with van der Waals surface area (Å²) >= 11 is 0. The van der Waals surface area contributed by atoms with Crippen molar-refractivity contribution in [3.8, 4) is 0 Å². The van der Waals surface area contributed by atoms with Crippen LogP contribution in [0.3, 0.4) is 0 Å². The lowest BCUT2D eigenvalue weighted by atomic mass is 10.3. The van der Waals surface area contributed by atoms with E-state index in [9.17, 15) is 9.36 Å². The highest BCUT2D eigenvalue weighted by atomic mass is 31.2. The summed E-state index contributed by atoms with van der Waals surface area (Å²) in [6.45, 7) is 7.73. The molecule has 5 heteroatoms. The Morgan fingerprint density at radius 2 is 1.93 bits per heavy atom. The van der Waals surface area contributed by atoms with E-state index in [0.29, 0.717) is 0 Å². The van der Waals surface area contributed by atoms with Crippen molar-refractivity contribution in [3.63, 3.8) is 0 Å². The summed E-state index contributed by atoms with van der Waals surface area (Å²) in [5, 5.41) is 0. The van der Waals surface area contributed by atoms with Crippen LogP contribution in [0.1, 0.15) is 20.3 Å². The Morgan fingerprint density at radius 1 is 1.47 bits per heavy atom. The van der Waals surface area contributed by atoms with Crippen LogP contribution in [0, 0.1) is 5.92 Å². The van der Waals surface area contributed by atoms with Crippen LogP contribution in [0.4, 0.5) is 0 Å². The topological polar surface area (TPSA) is 52.6 Å². The van der Waals surface area contributed by atoms with Crippen molar-refractivity contribution in [1.29, 1.82) is 0 Å². The van der Waals surface area contributed by atoms with Gasteiger partial charge in [0.1, 0.15) is 6.16 Å². The van der Waals surface area contributed by atoms with Crippen molar-refractivity contribution in [3.05, 3.63) is 12.2 Å². The number of rotatable bonds is 7. The van der Waals surface area contributed by atoms with E-state index in [1.165, 1.54) is 0 Å². The van der Waals surface area contributed by atoms with Crippen LogP contribution in [-0.2, 0) is 18.4 Å². The Labute approximate surface area is 90.2 Å². The second-order valence-electron chi connectivity index (χ2n) is 3.49. The van der Waals surface area contributed by atoms with Crippen LogP contribution in [-0.4, -0.2) is 25.2 Å². The lowest BCUT2D eigenvalue weighted by Gasteiger charge is -2.15. The van der Waals surface area contributed by atoms with Gasteiger partial charge in [-0.05, 0) is 20.3 Å². The number of allylic oxidation sites excluding steroid dienone is 1. The highest BCUT2D eigenvalue weighted by molar-refractivity contribution is 7.54. The maximum atomic E-state index is 12.0. The third-order valence-corrected chi connectivity index (χ3v) is 4.19. The van der Waals surface area contributed by atoms with Crippen LogP contribution in [0.25, 0.3) is 0 Å². The summed E-state index contributed by atoms with van der Waals surface area (Å²) in [5.41, 5.74) is 0.916. The quantitative estimate of drug-likeness (QED) is 0.499. The van der Waals surface area contributed by atoms with Crippen LogP contribution in [0.15, 0.2) is 12.2 Å². The van der Waals surface area contributed by atoms with Gasteiger partial charge in [0.05, 0.1) is 13.2 Å². The summed E-state index contributed by atoms with van der Waals surface area (Å²) < 4.78 is 22.0. The number of carbonyl (C=O) groups is 1. The van der Waals surface area contributed by atoms with Gasteiger partial charge in [0.2, 0.25) is 0 Å². The first-order chi connectivity index (χ1) is 7.02. The molecule has 0 bridgehead atoms.